The van der Waals surface area contributed by atoms with Gasteiger partial charge in [0.25, 0.3) is 0 Å². The van der Waals surface area contributed by atoms with E-state index in [0.29, 0.717) is 0 Å². The molecule has 0 N–H and O–H groups in total. The summed E-state index contributed by atoms with van der Waals surface area (Å²) in [5, 5.41) is 4.53. The quantitative estimate of drug-likeness (QED) is 0.744. The van der Waals surface area contributed by atoms with Crippen molar-refractivity contribution in [2.75, 3.05) is 0 Å². The molecule has 1 heterocycles. The zero-order chi connectivity index (χ0) is 10.7. The van der Waals surface area contributed by atoms with E-state index in [1.54, 1.807) is 0 Å². The van der Waals surface area contributed by atoms with Gasteiger partial charge in [0.15, 0.2) is 0 Å². The summed E-state index contributed by atoms with van der Waals surface area (Å²) in [5.41, 5.74) is 3.57. The number of aryl methyl sites for hydroxylation is 2. The Bertz CT molecular complexity index is 443. The van der Waals surface area contributed by atoms with Crippen molar-refractivity contribution < 1.29 is 0 Å². The lowest BCUT2D eigenvalue weighted by molar-refractivity contribution is 0.806. The zero-order valence-electron chi connectivity index (χ0n) is 9.27. The van der Waals surface area contributed by atoms with E-state index >= 15 is 0 Å². The van der Waals surface area contributed by atoms with Crippen LogP contribution in [0.25, 0.3) is 5.69 Å². The predicted octanol–water partition coefficient (Wildman–Crippen LogP) is 3.13. The molecule has 0 saturated carbocycles. The predicted molar refractivity (Wildman–Crippen MR) is 62.3 cm³/mol. The Balaban J connectivity index is 2.29. The lowest BCUT2D eigenvalue weighted by Crippen LogP contribution is -1.96. The molecule has 2 heteroatoms. The Kier molecular flexibility index (Phi) is 2.86. The van der Waals surface area contributed by atoms with Gasteiger partial charge in [-0.15, -0.1) is 0 Å². The van der Waals surface area contributed by atoms with Crippen molar-refractivity contribution in [3.05, 3.63) is 47.8 Å². The Morgan fingerprint density at radius 3 is 2.87 bits per heavy atom. The molecule has 0 aliphatic rings. The van der Waals surface area contributed by atoms with Crippen LogP contribution < -0.4 is 0 Å². The summed E-state index contributed by atoms with van der Waals surface area (Å²) in [4.78, 5) is 0. The van der Waals surface area contributed by atoms with Gasteiger partial charge in [-0.05, 0) is 37.1 Å². The molecule has 1 aromatic heterocycles. The molecule has 0 bridgehead atoms. The third-order valence-electron chi connectivity index (χ3n) is 2.42. The van der Waals surface area contributed by atoms with Crippen molar-refractivity contribution >= 4 is 0 Å². The molecule has 1 aromatic carbocycles. The van der Waals surface area contributed by atoms with E-state index in [9.17, 15) is 0 Å². The fourth-order valence-corrected chi connectivity index (χ4v) is 1.67. The summed E-state index contributed by atoms with van der Waals surface area (Å²) in [6.45, 7) is 4.27. The van der Waals surface area contributed by atoms with Crippen LogP contribution in [-0.2, 0) is 6.42 Å². The van der Waals surface area contributed by atoms with Crippen LogP contribution >= 0.6 is 0 Å². The van der Waals surface area contributed by atoms with Gasteiger partial charge in [0.1, 0.15) is 0 Å². The van der Waals surface area contributed by atoms with Gasteiger partial charge in [0.05, 0.1) is 11.4 Å². The van der Waals surface area contributed by atoms with Gasteiger partial charge in [-0.2, -0.15) is 5.10 Å². The van der Waals surface area contributed by atoms with Crippen LogP contribution in [0.15, 0.2) is 36.5 Å². The standard InChI is InChI=1S/C13H16N2/c1-3-5-12-8-9-15(14-12)13-7-4-6-11(2)10-13/h4,6-10H,3,5H2,1-2H3. The lowest BCUT2D eigenvalue weighted by Gasteiger charge is -2.01. The number of aromatic nitrogens is 2. The summed E-state index contributed by atoms with van der Waals surface area (Å²) in [5.74, 6) is 0. The molecule has 0 saturated heterocycles. The van der Waals surface area contributed by atoms with Gasteiger partial charge in [-0.25, -0.2) is 4.68 Å². The largest absolute Gasteiger partial charge is 0.241 e. The average Bonchev–Trinajstić information content (AvgIpc) is 2.67. The van der Waals surface area contributed by atoms with E-state index in [-0.39, 0.29) is 0 Å². The van der Waals surface area contributed by atoms with Crippen LogP contribution in [0.3, 0.4) is 0 Å². The van der Waals surface area contributed by atoms with Gasteiger partial charge < -0.3 is 0 Å². The van der Waals surface area contributed by atoms with Crippen LogP contribution in [0.1, 0.15) is 24.6 Å². The van der Waals surface area contributed by atoms with E-state index in [1.807, 2.05) is 10.9 Å². The third-order valence-corrected chi connectivity index (χ3v) is 2.42. The van der Waals surface area contributed by atoms with E-state index < -0.39 is 0 Å². The van der Waals surface area contributed by atoms with Gasteiger partial charge in [0, 0.05) is 6.20 Å². The van der Waals surface area contributed by atoms with Crippen molar-refractivity contribution in [2.45, 2.75) is 26.7 Å². The van der Waals surface area contributed by atoms with Crippen molar-refractivity contribution in [1.82, 2.24) is 9.78 Å². The van der Waals surface area contributed by atoms with E-state index in [2.05, 4.69) is 49.3 Å². The number of rotatable bonds is 3. The fraction of sp³-hybridized carbons (Fsp3) is 0.308. The van der Waals surface area contributed by atoms with Crippen molar-refractivity contribution in [3.8, 4) is 5.69 Å². The highest BCUT2D eigenvalue weighted by atomic mass is 15.3. The first kappa shape index (κ1) is 9.97. The molecule has 2 nitrogen and oxygen atoms in total. The maximum absolute atomic E-state index is 4.53. The Morgan fingerprint density at radius 1 is 1.27 bits per heavy atom. The van der Waals surface area contributed by atoms with Crippen LogP contribution in [-0.4, -0.2) is 9.78 Å². The fourth-order valence-electron chi connectivity index (χ4n) is 1.67. The smallest absolute Gasteiger partial charge is 0.0648 e. The first-order valence-corrected chi connectivity index (χ1v) is 5.41. The molecule has 2 rings (SSSR count). The third kappa shape index (κ3) is 2.27. The molecule has 0 aliphatic carbocycles. The molecule has 0 spiro atoms. The molecule has 0 aliphatic heterocycles. The minimum Gasteiger partial charge on any atom is -0.241 e. The average molecular weight is 200 g/mol. The monoisotopic (exact) mass is 200 g/mol. The molecule has 0 amide bonds. The second kappa shape index (κ2) is 4.30. The van der Waals surface area contributed by atoms with E-state index in [1.165, 1.54) is 11.3 Å². The molecule has 0 fully saturated rings. The molecule has 78 valence electrons. The first-order chi connectivity index (χ1) is 7.29. The van der Waals surface area contributed by atoms with Crippen molar-refractivity contribution in [1.29, 1.82) is 0 Å². The summed E-state index contributed by atoms with van der Waals surface area (Å²) in [6.07, 6.45) is 4.23. The SMILES string of the molecule is CCCc1ccn(-c2cccc(C)c2)n1. The highest BCUT2D eigenvalue weighted by Crippen LogP contribution is 2.10. The van der Waals surface area contributed by atoms with Crippen LogP contribution in [0, 0.1) is 6.92 Å². The van der Waals surface area contributed by atoms with Gasteiger partial charge >= 0.3 is 0 Å². The first-order valence-electron chi connectivity index (χ1n) is 5.41. The minimum absolute atomic E-state index is 1.05. The summed E-state index contributed by atoms with van der Waals surface area (Å²) >= 11 is 0. The Labute approximate surface area is 90.6 Å². The second-order valence-electron chi connectivity index (χ2n) is 3.84. The van der Waals surface area contributed by atoms with Gasteiger partial charge in [-0.1, -0.05) is 25.5 Å². The lowest BCUT2D eigenvalue weighted by atomic mass is 10.2. The normalized spacial score (nSPS) is 10.5. The highest BCUT2D eigenvalue weighted by Gasteiger charge is 1.99. The molecule has 0 unspecified atom stereocenters. The minimum atomic E-state index is 1.05. The number of hydrogen-bond donors (Lipinski definition) is 0. The zero-order valence-corrected chi connectivity index (χ0v) is 9.27. The summed E-state index contributed by atoms with van der Waals surface area (Å²) in [6, 6.07) is 10.5. The summed E-state index contributed by atoms with van der Waals surface area (Å²) in [7, 11) is 0. The molecular formula is C13H16N2. The highest BCUT2D eigenvalue weighted by molar-refractivity contribution is 5.34. The molecule has 0 atom stereocenters. The van der Waals surface area contributed by atoms with Crippen molar-refractivity contribution in [3.63, 3.8) is 0 Å². The van der Waals surface area contributed by atoms with Crippen molar-refractivity contribution in [2.24, 2.45) is 0 Å². The molecule has 2 aromatic rings. The molecule has 15 heavy (non-hydrogen) atoms. The van der Waals surface area contributed by atoms with Gasteiger partial charge in [-0.3, -0.25) is 0 Å². The number of hydrogen-bond acceptors (Lipinski definition) is 1. The van der Waals surface area contributed by atoms with Crippen LogP contribution in [0.2, 0.25) is 0 Å². The number of nitrogens with zero attached hydrogens (tertiary/aromatic N) is 2. The Morgan fingerprint density at radius 2 is 2.13 bits per heavy atom. The van der Waals surface area contributed by atoms with Crippen LogP contribution in [0.4, 0.5) is 0 Å². The molecular weight excluding hydrogens is 184 g/mol. The second-order valence-corrected chi connectivity index (χ2v) is 3.84. The van der Waals surface area contributed by atoms with Crippen LogP contribution in [0.5, 0.6) is 0 Å². The maximum atomic E-state index is 4.53. The Hall–Kier alpha value is -1.57. The number of benzene rings is 1. The van der Waals surface area contributed by atoms with Gasteiger partial charge in [0.2, 0.25) is 0 Å². The van der Waals surface area contributed by atoms with E-state index in [4.69, 9.17) is 0 Å². The maximum Gasteiger partial charge on any atom is 0.0648 e. The summed E-state index contributed by atoms with van der Waals surface area (Å²) < 4.78 is 1.94. The topological polar surface area (TPSA) is 17.8 Å². The molecule has 0 radical (unpaired) electrons. The van der Waals surface area contributed by atoms with E-state index in [0.717, 1.165) is 18.5 Å².